The summed E-state index contributed by atoms with van der Waals surface area (Å²) in [6.45, 7) is 4.52. The molecule has 1 aliphatic heterocycles. The Morgan fingerprint density at radius 1 is 0.938 bits per heavy atom. The number of benzene rings is 2. The van der Waals surface area contributed by atoms with Gasteiger partial charge in [-0.15, -0.1) is 0 Å². The summed E-state index contributed by atoms with van der Waals surface area (Å²) in [5.41, 5.74) is 2.71. The van der Waals surface area contributed by atoms with Crippen LogP contribution in [0.25, 0.3) is 6.08 Å². The summed E-state index contributed by atoms with van der Waals surface area (Å²) in [4.78, 5) is 24.2. The van der Waals surface area contributed by atoms with Crippen molar-refractivity contribution in [2.24, 2.45) is 0 Å². The van der Waals surface area contributed by atoms with Crippen molar-refractivity contribution in [1.29, 1.82) is 0 Å². The van der Waals surface area contributed by atoms with E-state index in [1.54, 1.807) is 0 Å². The van der Waals surface area contributed by atoms with Gasteiger partial charge in [0.25, 0.3) is 0 Å². The first kappa shape index (κ1) is 25.0. The van der Waals surface area contributed by atoms with Gasteiger partial charge in [0, 0.05) is 31.3 Å². The average molecular weight is 437 g/mol. The fourth-order valence-corrected chi connectivity index (χ4v) is 3.57. The lowest BCUT2D eigenvalue weighted by atomic mass is 10.0. The molecule has 0 atom stereocenters. The second-order valence-electron chi connectivity index (χ2n) is 7.76. The normalized spacial score (nSPS) is 15.1. The van der Waals surface area contributed by atoms with Gasteiger partial charge in [0.2, 0.25) is 0 Å². The van der Waals surface area contributed by atoms with Crippen molar-refractivity contribution in [3.8, 4) is 0 Å². The zero-order chi connectivity index (χ0) is 23.2. The van der Waals surface area contributed by atoms with Crippen molar-refractivity contribution >= 4 is 18.0 Å². The van der Waals surface area contributed by atoms with Crippen LogP contribution in [0.4, 0.5) is 0 Å². The molecule has 0 radical (unpaired) electrons. The molecule has 6 nitrogen and oxygen atoms in total. The highest BCUT2D eigenvalue weighted by atomic mass is 16.4. The van der Waals surface area contributed by atoms with Gasteiger partial charge in [0.15, 0.2) is 0 Å². The van der Waals surface area contributed by atoms with E-state index in [0.717, 1.165) is 13.1 Å². The lowest BCUT2D eigenvalue weighted by Gasteiger charge is -2.36. The molecular formula is C26H32N2O4. The van der Waals surface area contributed by atoms with E-state index in [2.05, 4.69) is 89.7 Å². The predicted molar refractivity (Wildman–Crippen MR) is 127 cm³/mol. The number of hydrogen-bond acceptors (Lipinski definition) is 4. The predicted octanol–water partition coefficient (Wildman–Crippen LogP) is 4.01. The van der Waals surface area contributed by atoms with Crippen molar-refractivity contribution in [3.05, 3.63) is 90.0 Å². The molecule has 0 amide bonds. The summed E-state index contributed by atoms with van der Waals surface area (Å²) in [6.07, 6.45) is 8.16. The van der Waals surface area contributed by atoms with Gasteiger partial charge in [0.1, 0.15) is 0 Å². The smallest absolute Gasteiger partial charge is 0.328 e. The minimum atomic E-state index is -1.26. The quantitative estimate of drug-likeness (QED) is 0.609. The molecule has 0 spiro atoms. The monoisotopic (exact) mass is 436 g/mol. The molecule has 32 heavy (non-hydrogen) atoms. The fourth-order valence-electron chi connectivity index (χ4n) is 3.57. The van der Waals surface area contributed by atoms with Crippen molar-refractivity contribution < 1.29 is 19.8 Å². The van der Waals surface area contributed by atoms with Crippen LogP contribution >= 0.6 is 0 Å². The minimum absolute atomic E-state index is 0.558. The van der Waals surface area contributed by atoms with E-state index in [1.165, 1.54) is 37.1 Å². The third-order valence-corrected chi connectivity index (χ3v) is 5.30. The third-order valence-electron chi connectivity index (χ3n) is 5.30. The Labute approximate surface area is 190 Å². The lowest BCUT2D eigenvalue weighted by molar-refractivity contribution is -0.134. The maximum atomic E-state index is 9.55. The maximum Gasteiger partial charge on any atom is 0.328 e. The molecule has 1 saturated heterocycles. The minimum Gasteiger partial charge on any atom is -0.478 e. The second kappa shape index (κ2) is 14.0. The van der Waals surface area contributed by atoms with Crippen LogP contribution in [0.3, 0.4) is 0 Å². The number of carbonyl (C=O) groups is 2. The maximum absolute atomic E-state index is 9.55. The molecule has 1 fully saturated rings. The summed E-state index contributed by atoms with van der Waals surface area (Å²) in [5.74, 6) is -2.51. The molecule has 3 rings (SSSR count). The van der Waals surface area contributed by atoms with Crippen molar-refractivity contribution in [3.63, 3.8) is 0 Å². The average Bonchev–Trinajstić information content (AvgIpc) is 2.80. The molecule has 0 aliphatic carbocycles. The van der Waals surface area contributed by atoms with Crippen LogP contribution in [0.15, 0.2) is 78.9 Å². The fraction of sp³-hybridized carbons (Fsp3) is 0.308. The molecule has 6 heteroatoms. The number of rotatable bonds is 8. The molecule has 2 aromatic rings. The highest BCUT2D eigenvalue weighted by Crippen LogP contribution is 2.17. The molecule has 0 bridgehead atoms. The second-order valence-corrected chi connectivity index (χ2v) is 7.76. The van der Waals surface area contributed by atoms with E-state index in [-0.39, 0.29) is 0 Å². The van der Waals surface area contributed by atoms with Crippen LogP contribution in [-0.4, -0.2) is 64.7 Å². The number of hydrogen-bond donors (Lipinski definition) is 2. The number of carboxylic acids is 2. The Morgan fingerprint density at radius 2 is 1.47 bits per heavy atom. The molecule has 1 heterocycles. The third kappa shape index (κ3) is 10.2. The first-order valence-corrected chi connectivity index (χ1v) is 10.8. The Kier molecular flexibility index (Phi) is 10.9. The Hall–Kier alpha value is -3.22. The topological polar surface area (TPSA) is 81.1 Å². The Bertz CT molecular complexity index is 857. The molecule has 0 aromatic heterocycles. The molecule has 170 valence electrons. The number of likely N-dealkylation sites (N-methyl/N-ethyl adjacent to an activating group) is 1. The van der Waals surface area contributed by atoms with Gasteiger partial charge in [-0.3, -0.25) is 9.80 Å². The van der Waals surface area contributed by atoms with Gasteiger partial charge in [-0.1, -0.05) is 72.8 Å². The lowest BCUT2D eigenvalue weighted by Crippen LogP contribution is -2.43. The van der Waals surface area contributed by atoms with Crippen LogP contribution in [0, 0.1) is 0 Å². The summed E-state index contributed by atoms with van der Waals surface area (Å²) >= 11 is 0. The molecule has 0 unspecified atom stereocenters. The van der Waals surface area contributed by atoms with Crippen LogP contribution < -0.4 is 0 Å². The van der Waals surface area contributed by atoms with E-state index in [0.29, 0.717) is 18.2 Å². The summed E-state index contributed by atoms with van der Waals surface area (Å²) < 4.78 is 0. The number of piperidine rings is 1. The highest BCUT2D eigenvalue weighted by Gasteiger charge is 2.21. The Morgan fingerprint density at radius 3 is 2.00 bits per heavy atom. The highest BCUT2D eigenvalue weighted by molar-refractivity contribution is 5.89. The SMILES string of the molecule is CN(C/C=C/c1ccccc1)C1CCN(Cc2ccccc2)CC1.O=C(O)/C=C/C(=O)O. The van der Waals surface area contributed by atoms with E-state index < -0.39 is 11.9 Å². The number of carboxylic acid groups (broad SMARTS) is 2. The standard InChI is InChI=1S/C22H28N2.C4H4O4/c1-23(16-8-13-20-9-4-2-5-10-20)22-14-17-24(18-15-22)19-21-11-6-3-7-12-21;5-3(6)1-2-4(7)8/h2-13,22H,14-19H2,1H3;1-2H,(H,5,6)(H,7,8)/b13-8+;2-1+. The molecule has 1 aliphatic rings. The molecule has 0 saturated carbocycles. The summed E-state index contributed by atoms with van der Waals surface area (Å²) in [6, 6.07) is 22.1. The molecule has 2 aromatic carbocycles. The van der Waals surface area contributed by atoms with Gasteiger partial charge >= 0.3 is 11.9 Å². The van der Waals surface area contributed by atoms with Crippen LogP contribution in [0.2, 0.25) is 0 Å². The molecule has 2 N–H and O–H groups in total. The number of likely N-dealkylation sites (tertiary alicyclic amines) is 1. The van der Waals surface area contributed by atoms with Gasteiger partial charge in [-0.25, -0.2) is 9.59 Å². The van der Waals surface area contributed by atoms with E-state index in [1.807, 2.05) is 0 Å². The van der Waals surface area contributed by atoms with Crippen LogP contribution in [0.1, 0.15) is 24.0 Å². The first-order chi connectivity index (χ1) is 15.4. The van der Waals surface area contributed by atoms with Crippen molar-refractivity contribution in [2.45, 2.75) is 25.4 Å². The van der Waals surface area contributed by atoms with Crippen molar-refractivity contribution in [2.75, 3.05) is 26.7 Å². The van der Waals surface area contributed by atoms with E-state index in [4.69, 9.17) is 10.2 Å². The summed E-state index contributed by atoms with van der Waals surface area (Å²) in [7, 11) is 2.26. The first-order valence-electron chi connectivity index (χ1n) is 10.8. The van der Waals surface area contributed by atoms with Gasteiger partial charge < -0.3 is 10.2 Å². The van der Waals surface area contributed by atoms with Gasteiger partial charge in [-0.2, -0.15) is 0 Å². The zero-order valence-electron chi connectivity index (χ0n) is 18.5. The molecular weight excluding hydrogens is 404 g/mol. The summed E-state index contributed by atoms with van der Waals surface area (Å²) in [5, 5.41) is 15.6. The van der Waals surface area contributed by atoms with Gasteiger partial charge in [0.05, 0.1) is 0 Å². The van der Waals surface area contributed by atoms with Crippen LogP contribution in [0.5, 0.6) is 0 Å². The number of aliphatic carboxylic acids is 2. The zero-order valence-corrected chi connectivity index (χ0v) is 18.5. The van der Waals surface area contributed by atoms with E-state index >= 15 is 0 Å². The largest absolute Gasteiger partial charge is 0.478 e. The van der Waals surface area contributed by atoms with Gasteiger partial charge in [-0.05, 0) is 44.1 Å². The van der Waals surface area contributed by atoms with E-state index in [9.17, 15) is 9.59 Å². The van der Waals surface area contributed by atoms with Crippen LogP contribution in [-0.2, 0) is 16.1 Å². The van der Waals surface area contributed by atoms with Crippen molar-refractivity contribution in [1.82, 2.24) is 9.80 Å². The Balaban J connectivity index is 0.000000390. The number of nitrogens with zero attached hydrogens (tertiary/aromatic N) is 2.